The molecular formula is C11H15FOS2. The van der Waals surface area contributed by atoms with Crippen molar-refractivity contribution in [3.05, 3.63) is 30.1 Å². The van der Waals surface area contributed by atoms with Gasteiger partial charge in [-0.25, -0.2) is 4.39 Å². The Labute approximate surface area is 96.9 Å². The molecule has 0 heterocycles. The standard InChI is InChI=1S/C11H15FOS2/c1-2-14-8-3-9-15(13)11-6-4-10(12)5-7-11/h4-7H,2-3,8-9H2,1H3. The van der Waals surface area contributed by atoms with E-state index in [9.17, 15) is 8.60 Å². The number of thioether (sulfide) groups is 1. The summed E-state index contributed by atoms with van der Waals surface area (Å²) in [5, 5.41) is 0. The van der Waals surface area contributed by atoms with Crippen LogP contribution in [0.1, 0.15) is 13.3 Å². The van der Waals surface area contributed by atoms with E-state index in [4.69, 9.17) is 0 Å². The van der Waals surface area contributed by atoms with Gasteiger partial charge in [-0.15, -0.1) is 0 Å². The zero-order valence-corrected chi connectivity index (χ0v) is 10.4. The Bertz CT molecular complexity index is 311. The van der Waals surface area contributed by atoms with Crippen molar-refractivity contribution in [2.75, 3.05) is 17.3 Å². The molecular weight excluding hydrogens is 231 g/mol. The fourth-order valence-corrected chi connectivity index (χ4v) is 3.04. The normalized spacial score (nSPS) is 12.7. The van der Waals surface area contributed by atoms with Gasteiger partial charge in [0, 0.05) is 10.6 Å². The zero-order valence-electron chi connectivity index (χ0n) is 8.74. The third kappa shape index (κ3) is 4.80. The summed E-state index contributed by atoms with van der Waals surface area (Å²) in [4.78, 5) is 0.720. The zero-order chi connectivity index (χ0) is 11.1. The maximum atomic E-state index is 12.6. The Kier molecular flexibility index (Phi) is 5.95. The Hall–Kier alpha value is -0.350. The average Bonchev–Trinajstić information content (AvgIpc) is 2.25. The van der Waals surface area contributed by atoms with Crippen LogP contribution >= 0.6 is 11.8 Å². The Morgan fingerprint density at radius 2 is 2.00 bits per heavy atom. The van der Waals surface area contributed by atoms with Gasteiger partial charge >= 0.3 is 0 Å². The largest absolute Gasteiger partial charge is 0.254 e. The van der Waals surface area contributed by atoms with E-state index in [0.29, 0.717) is 5.75 Å². The van der Waals surface area contributed by atoms with Crippen LogP contribution in [-0.2, 0) is 10.8 Å². The molecule has 1 atom stereocenters. The first-order valence-corrected chi connectivity index (χ1v) is 7.43. The first-order valence-electron chi connectivity index (χ1n) is 4.95. The molecule has 0 spiro atoms. The summed E-state index contributed by atoms with van der Waals surface area (Å²) in [5.41, 5.74) is 0. The number of halogens is 1. The molecule has 15 heavy (non-hydrogen) atoms. The molecule has 1 aromatic carbocycles. The molecule has 0 saturated heterocycles. The Morgan fingerprint density at radius 1 is 1.33 bits per heavy atom. The minimum Gasteiger partial charge on any atom is -0.254 e. The fraction of sp³-hybridized carbons (Fsp3) is 0.455. The van der Waals surface area contributed by atoms with E-state index in [0.717, 1.165) is 22.8 Å². The van der Waals surface area contributed by atoms with Gasteiger partial charge in [0.2, 0.25) is 0 Å². The molecule has 1 nitrogen and oxygen atoms in total. The highest BCUT2D eigenvalue weighted by molar-refractivity contribution is 7.99. The van der Waals surface area contributed by atoms with Crippen LogP contribution in [0.15, 0.2) is 29.2 Å². The molecule has 1 unspecified atom stereocenters. The lowest BCUT2D eigenvalue weighted by Gasteiger charge is -2.01. The van der Waals surface area contributed by atoms with Crippen LogP contribution in [0.3, 0.4) is 0 Å². The summed E-state index contributed by atoms with van der Waals surface area (Å²) >= 11 is 1.85. The van der Waals surface area contributed by atoms with Gasteiger partial charge in [-0.05, 0) is 42.2 Å². The predicted octanol–water partition coefficient (Wildman–Crippen LogP) is 3.08. The molecule has 0 bridgehead atoms. The van der Waals surface area contributed by atoms with Crippen LogP contribution in [0.2, 0.25) is 0 Å². The van der Waals surface area contributed by atoms with E-state index >= 15 is 0 Å². The number of rotatable bonds is 6. The third-order valence-electron chi connectivity index (χ3n) is 1.90. The SMILES string of the molecule is CCSCCCS(=O)c1ccc(F)cc1. The van der Waals surface area contributed by atoms with Crippen LogP contribution in [0.25, 0.3) is 0 Å². The predicted molar refractivity (Wildman–Crippen MR) is 65.3 cm³/mol. The minimum absolute atomic E-state index is 0.280. The van der Waals surface area contributed by atoms with Crippen molar-refractivity contribution in [1.82, 2.24) is 0 Å². The number of benzene rings is 1. The number of hydrogen-bond acceptors (Lipinski definition) is 2. The molecule has 0 aliphatic carbocycles. The lowest BCUT2D eigenvalue weighted by Crippen LogP contribution is -1.99. The van der Waals surface area contributed by atoms with Crippen molar-refractivity contribution < 1.29 is 8.60 Å². The first-order chi connectivity index (χ1) is 7.24. The fourth-order valence-electron chi connectivity index (χ4n) is 1.14. The smallest absolute Gasteiger partial charge is 0.123 e. The highest BCUT2D eigenvalue weighted by atomic mass is 32.2. The highest BCUT2D eigenvalue weighted by Crippen LogP contribution is 2.10. The summed E-state index contributed by atoms with van der Waals surface area (Å²) < 4.78 is 24.3. The Balaban J connectivity index is 2.37. The van der Waals surface area contributed by atoms with Crippen molar-refractivity contribution in [2.24, 2.45) is 0 Å². The van der Waals surface area contributed by atoms with Crippen LogP contribution in [0.5, 0.6) is 0 Å². The van der Waals surface area contributed by atoms with Crippen molar-refractivity contribution in [2.45, 2.75) is 18.2 Å². The van der Waals surface area contributed by atoms with E-state index in [-0.39, 0.29) is 5.82 Å². The van der Waals surface area contributed by atoms with E-state index in [1.54, 1.807) is 12.1 Å². The second-order valence-corrected chi connectivity index (χ2v) is 6.02. The molecule has 0 fully saturated rings. The van der Waals surface area contributed by atoms with Crippen molar-refractivity contribution in [1.29, 1.82) is 0 Å². The summed E-state index contributed by atoms with van der Waals surface area (Å²) in [7, 11) is -0.975. The minimum atomic E-state index is -0.975. The van der Waals surface area contributed by atoms with E-state index < -0.39 is 10.8 Å². The Morgan fingerprint density at radius 3 is 2.60 bits per heavy atom. The molecule has 0 aliphatic rings. The van der Waals surface area contributed by atoms with Crippen molar-refractivity contribution >= 4 is 22.6 Å². The molecule has 1 rings (SSSR count). The molecule has 1 aromatic rings. The van der Waals surface area contributed by atoms with Crippen molar-refractivity contribution in [3.8, 4) is 0 Å². The molecule has 0 N–H and O–H groups in total. The van der Waals surface area contributed by atoms with Gasteiger partial charge < -0.3 is 0 Å². The monoisotopic (exact) mass is 246 g/mol. The van der Waals surface area contributed by atoms with Gasteiger partial charge in [0.15, 0.2) is 0 Å². The third-order valence-corrected chi connectivity index (χ3v) is 4.34. The summed E-state index contributed by atoms with van der Waals surface area (Å²) in [6.45, 7) is 2.11. The summed E-state index contributed by atoms with van der Waals surface area (Å²) in [6, 6.07) is 5.90. The van der Waals surface area contributed by atoms with Crippen molar-refractivity contribution in [3.63, 3.8) is 0 Å². The lowest BCUT2D eigenvalue weighted by atomic mass is 10.4. The topological polar surface area (TPSA) is 17.1 Å². The van der Waals surface area contributed by atoms with E-state index in [1.165, 1.54) is 12.1 Å². The van der Waals surface area contributed by atoms with Gasteiger partial charge in [-0.2, -0.15) is 11.8 Å². The second kappa shape index (κ2) is 7.01. The van der Waals surface area contributed by atoms with Gasteiger partial charge in [0.05, 0.1) is 10.8 Å². The maximum absolute atomic E-state index is 12.6. The molecule has 4 heteroatoms. The molecule has 0 aromatic heterocycles. The van der Waals surface area contributed by atoms with Crippen LogP contribution in [0, 0.1) is 5.82 Å². The molecule has 0 amide bonds. The van der Waals surface area contributed by atoms with Gasteiger partial charge in [0.1, 0.15) is 5.82 Å². The number of hydrogen-bond donors (Lipinski definition) is 0. The van der Waals surface area contributed by atoms with Gasteiger partial charge in [-0.3, -0.25) is 4.21 Å². The quantitative estimate of drug-likeness (QED) is 0.718. The maximum Gasteiger partial charge on any atom is 0.123 e. The molecule has 0 aliphatic heterocycles. The first kappa shape index (κ1) is 12.7. The second-order valence-electron chi connectivity index (χ2n) is 3.05. The van der Waals surface area contributed by atoms with E-state index in [1.807, 2.05) is 11.8 Å². The molecule has 84 valence electrons. The van der Waals surface area contributed by atoms with Crippen LogP contribution in [-0.4, -0.2) is 21.5 Å². The van der Waals surface area contributed by atoms with Gasteiger partial charge in [-0.1, -0.05) is 6.92 Å². The van der Waals surface area contributed by atoms with Crippen LogP contribution < -0.4 is 0 Å². The summed E-state index contributed by atoms with van der Waals surface area (Å²) in [6.07, 6.45) is 0.947. The van der Waals surface area contributed by atoms with Gasteiger partial charge in [0.25, 0.3) is 0 Å². The summed E-state index contributed by atoms with van der Waals surface area (Å²) in [5.74, 6) is 2.53. The lowest BCUT2D eigenvalue weighted by molar-refractivity contribution is 0.626. The molecule has 0 saturated carbocycles. The van der Waals surface area contributed by atoms with E-state index in [2.05, 4.69) is 6.92 Å². The van der Waals surface area contributed by atoms with Crippen LogP contribution in [0.4, 0.5) is 4.39 Å². The average molecular weight is 246 g/mol. The molecule has 0 radical (unpaired) electrons. The highest BCUT2D eigenvalue weighted by Gasteiger charge is 2.03.